The van der Waals surface area contributed by atoms with Gasteiger partial charge in [0.1, 0.15) is 0 Å². The molecule has 0 atom stereocenters. The zero-order valence-electron chi connectivity index (χ0n) is 14.7. The lowest BCUT2D eigenvalue weighted by molar-refractivity contribution is 0.0991. The Kier molecular flexibility index (Phi) is 3.92. The molecule has 4 rings (SSSR count). The number of benzene rings is 2. The van der Waals surface area contributed by atoms with Crippen LogP contribution in [0.25, 0.3) is 21.8 Å². The standard InChI is InChI=1S/C21H22N2O2/c1-3-22-10-11-23-18-7-4-14(13(2)24)12-17(18)21-16-6-9-20(25)15(16)5-8-19(21)23/h4-5,7-8,12,22H,3,6,9-11H2,1-2H3. The molecule has 1 N–H and O–H groups in total. The maximum absolute atomic E-state index is 12.2. The first-order valence-corrected chi connectivity index (χ1v) is 8.94. The summed E-state index contributed by atoms with van der Waals surface area (Å²) in [5.41, 5.74) is 5.01. The lowest BCUT2D eigenvalue weighted by atomic mass is 10.0. The van der Waals surface area contributed by atoms with E-state index in [0.717, 1.165) is 64.6 Å². The molecule has 0 saturated heterocycles. The molecule has 3 aromatic rings. The number of aryl methyl sites for hydroxylation is 1. The highest BCUT2D eigenvalue weighted by Crippen LogP contribution is 2.37. The van der Waals surface area contributed by atoms with Gasteiger partial charge in [-0.2, -0.15) is 0 Å². The molecular weight excluding hydrogens is 312 g/mol. The summed E-state index contributed by atoms with van der Waals surface area (Å²) in [6.45, 7) is 6.39. The van der Waals surface area contributed by atoms with E-state index >= 15 is 0 Å². The summed E-state index contributed by atoms with van der Waals surface area (Å²) in [5, 5.41) is 5.62. The zero-order valence-corrected chi connectivity index (χ0v) is 14.7. The van der Waals surface area contributed by atoms with Gasteiger partial charge in [-0.15, -0.1) is 0 Å². The van der Waals surface area contributed by atoms with E-state index in [0.29, 0.717) is 6.42 Å². The maximum Gasteiger partial charge on any atom is 0.163 e. The fraction of sp³-hybridized carbons (Fsp3) is 0.333. The Labute approximate surface area is 146 Å². The molecule has 0 amide bonds. The van der Waals surface area contributed by atoms with E-state index in [1.807, 2.05) is 24.3 Å². The molecule has 2 aromatic carbocycles. The number of nitrogens with zero attached hydrogens (tertiary/aromatic N) is 1. The number of ketones is 2. The van der Waals surface area contributed by atoms with Crippen molar-refractivity contribution in [1.82, 2.24) is 9.88 Å². The second-order valence-electron chi connectivity index (χ2n) is 6.70. The Bertz CT molecular complexity index is 1010. The van der Waals surface area contributed by atoms with Crippen LogP contribution >= 0.6 is 0 Å². The van der Waals surface area contributed by atoms with E-state index in [1.54, 1.807) is 6.92 Å². The van der Waals surface area contributed by atoms with Gasteiger partial charge in [0.15, 0.2) is 11.6 Å². The highest BCUT2D eigenvalue weighted by molar-refractivity contribution is 6.16. The Balaban J connectivity index is 2.03. The Morgan fingerprint density at radius 1 is 1.16 bits per heavy atom. The number of hydrogen-bond acceptors (Lipinski definition) is 3. The first-order valence-electron chi connectivity index (χ1n) is 8.94. The molecule has 0 unspecified atom stereocenters. The number of aromatic nitrogens is 1. The van der Waals surface area contributed by atoms with Crippen molar-refractivity contribution in [2.24, 2.45) is 0 Å². The average molecular weight is 334 g/mol. The number of rotatable bonds is 5. The van der Waals surface area contributed by atoms with Crippen LogP contribution < -0.4 is 5.32 Å². The van der Waals surface area contributed by atoms with Crippen LogP contribution in [0.4, 0.5) is 0 Å². The van der Waals surface area contributed by atoms with Gasteiger partial charge in [0, 0.05) is 52.4 Å². The molecule has 0 aliphatic heterocycles. The molecule has 4 heteroatoms. The summed E-state index contributed by atoms with van der Waals surface area (Å²) in [6, 6.07) is 9.98. The summed E-state index contributed by atoms with van der Waals surface area (Å²) in [4.78, 5) is 24.0. The molecule has 0 saturated carbocycles. The summed E-state index contributed by atoms with van der Waals surface area (Å²) in [6.07, 6.45) is 1.38. The van der Waals surface area contributed by atoms with Gasteiger partial charge in [-0.3, -0.25) is 9.59 Å². The zero-order chi connectivity index (χ0) is 17.6. The minimum absolute atomic E-state index is 0.0686. The van der Waals surface area contributed by atoms with E-state index in [1.165, 1.54) is 0 Å². The SMILES string of the molecule is CCNCCn1c2ccc(C(C)=O)cc2c2c3c(ccc21)C(=O)CC3. The molecule has 128 valence electrons. The van der Waals surface area contributed by atoms with Crippen LogP contribution in [0.3, 0.4) is 0 Å². The molecule has 25 heavy (non-hydrogen) atoms. The number of carbonyl (C=O) groups is 2. The lowest BCUT2D eigenvalue weighted by Crippen LogP contribution is -2.19. The molecule has 1 heterocycles. The fourth-order valence-corrected chi connectivity index (χ4v) is 3.98. The molecular formula is C21H22N2O2. The smallest absolute Gasteiger partial charge is 0.163 e. The number of nitrogens with one attached hydrogen (secondary N) is 1. The second-order valence-corrected chi connectivity index (χ2v) is 6.70. The third kappa shape index (κ3) is 2.48. The van der Waals surface area contributed by atoms with Gasteiger partial charge in [0.05, 0.1) is 0 Å². The number of carbonyl (C=O) groups excluding carboxylic acids is 2. The monoisotopic (exact) mass is 334 g/mol. The van der Waals surface area contributed by atoms with Gasteiger partial charge in [0.25, 0.3) is 0 Å². The predicted octanol–water partition coefficient (Wildman–Crippen LogP) is 3.74. The number of hydrogen-bond donors (Lipinski definition) is 1. The minimum atomic E-state index is 0.0686. The van der Waals surface area contributed by atoms with Crippen LogP contribution in [0.15, 0.2) is 30.3 Å². The van der Waals surface area contributed by atoms with E-state index < -0.39 is 0 Å². The van der Waals surface area contributed by atoms with E-state index in [-0.39, 0.29) is 11.6 Å². The highest BCUT2D eigenvalue weighted by atomic mass is 16.1. The molecule has 0 fully saturated rings. The quantitative estimate of drug-likeness (QED) is 0.571. The van der Waals surface area contributed by atoms with Gasteiger partial charge < -0.3 is 9.88 Å². The topological polar surface area (TPSA) is 51.1 Å². The maximum atomic E-state index is 12.2. The van der Waals surface area contributed by atoms with E-state index in [2.05, 4.69) is 22.9 Å². The second kappa shape index (κ2) is 6.12. The largest absolute Gasteiger partial charge is 0.339 e. The van der Waals surface area contributed by atoms with Crippen LogP contribution in [-0.2, 0) is 13.0 Å². The van der Waals surface area contributed by atoms with Crippen molar-refractivity contribution in [1.29, 1.82) is 0 Å². The summed E-state index contributed by atoms with van der Waals surface area (Å²) in [7, 11) is 0. The Hall–Kier alpha value is -2.46. The first-order chi connectivity index (χ1) is 12.1. The summed E-state index contributed by atoms with van der Waals surface area (Å²) in [5.74, 6) is 0.298. The van der Waals surface area contributed by atoms with Crippen molar-refractivity contribution in [3.8, 4) is 0 Å². The normalized spacial score (nSPS) is 13.8. The predicted molar refractivity (Wildman–Crippen MR) is 101 cm³/mol. The van der Waals surface area contributed by atoms with Gasteiger partial charge in [0.2, 0.25) is 0 Å². The highest BCUT2D eigenvalue weighted by Gasteiger charge is 2.24. The number of Topliss-reactive ketones (excluding diaryl/α,β-unsaturated/α-hetero) is 2. The molecule has 0 spiro atoms. The van der Waals surface area contributed by atoms with Crippen LogP contribution in [0.2, 0.25) is 0 Å². The van der Waals surface area contributed by atoms with Crippen molar-refractivity contribution < 1.29 is 9.59 Å². The minimum Gasteiger partial charge on any atom is -0.339 e. The summed E-state index contributed by atoms with van der Waals surface area (Å²) >= 11 is 0. The van der Waals surface area contributed by atoms with Crippen LogP contribution in [0.5, 0.6) is 0 Å². The first kappa shape index (κ1) is 16.0. The molecule has 0 radical (unpaired) electrons. The third-order valence-electron chi connectivity index (χ3n) is 5.21. The van der Waals surface area contributed by atoms with Crippen LogP contribution in [0, 0.1) is 0 Å². The average Bonchev–Trinajstić information content (AvgIpc) is 3.13. The summed E-state index contributed by atoms with van der Waals surface area (Å²) < 4.78 is 2.31. The van der Waals surface area contributed by atoms with Gasteiger partial charge in [-0.05, 0) is 55.8 Å². The van der Waals surface area contributed by atoms with Gasteiger partial charge in [-0.1, -0.05) is 6.92 Å². The van der Waals surface area contributed by atoms with Gasteiger partial charge in [-0.25, -0.2) is 0 Å². The lowest BCUT2D eigenvalue weighted by Gasteiger charge is -2.08. The van der Waals surface area contributed by atoms with Crippen molar-refractivity contribution in [2.75, 3.05) is 13.1 Å². The van der Waals surface area contributed by atoms with Gasteiger partial charge >= 0.3 is 0 Å². The van der Waals surface area contributed by atoms with E-state index in [9.17, 15) is 9.59 Å². The van der Waals surface area contributed by atoms with Crippen molar-refractivity contribution >= 4 is 33.4 Å². The molecule has 4 nitrogen and oxygen atoms in total. The Morgan fingerprint density at radius 2 is 1.96 bits per heavy atom. The molecule has 1 aliphatic rings. The Morgan fingerprint density at radius 3 is 2.72 bits per heavy atom. The molecule has 0 bridgehead atoms. The van der Waals surface area contributed by atoms with Crippen molar-refractivity contribution in [2.45, 2.75) is 33.2 Å². The van der Waals surface area contributed by atoms with Crippen LogP contribution in [-0.4, -0.2) is 29.2 Å². The number of fused-ring (bicyclic) bond motifs is 5. The fourth-order valence-electron chi connectivity index (χ4n) is 3.98. The van der Waals surface area contributed by atoms with Crippen molar-refractivity contribution in [3.63, 3.8) is 0 Å². The third-order valence-corrected chi connectivity index (χ3v) is 5.21. The van der Waals surface area contributed by atoms with Crippen LogP contribution in [0.1, 0.15) is 46.5 Å². The molecule has 1 aromatic heterocycles. The van der Waals surface area contributed by atoms with E-state index in [4.69, 9.17) is 0 Å². The van der Waals surface area contributed by atoms with Crippen molar-refractivity contribution in [3.05, 3.63) is 47.0 Å². The molecule has 1 aliphatic carbocycles. The number of likely N-dealkylation sites (N-methyl/N-ethyl adjacent to an activating group) is 1.